The van der Waals surface area contributed by atoms with Crippen LogP contribution in [0.1, 0.15) is 36.1 Å². The summed E-state index contributed by atoms with van der Waals surface area (Å²) in [5.74, 6) is -1.70. The number of nitrogens with one attached hydrogen (secondary N) is 2. The molecule has 2 aromatic heterocycles. The van der Waals surface area contributed by atoms with Gasteiger partial charge in [0.1, 0.15) is 12.1 Å². The van der Waals surface area contributed by atoms with Gasteiger partial charge in [-0.25, -0.2) is 0 Å². The molecular weight excluding hydrogens is 693 g/mol. The van der Waals surface area contributed by atoms with Gasteiger partial charge in [-0.2, -0.15) is 0 Å². The molecule has 0 aliphatic rings. The van der Waals surface area contributed by atoms with E-state index in [1.165, 1.54) is 45.2 Å². The van der Waals surface area contributed by atoms with E-state index in [4.69, 9.17) is 11.5 Å². The molecule has 0 radical (unpaired) electrons. The standard InChI is InChI=1S/C40H40N6O4S2/c1-25(47)45(23-27-13-5-3-6-14-27)35(37(41)49)21-31-29-17-9-11-19-33(29)43-39(31)51-52-40-32(30-18-10-12-20-34(30)44-40)22-36(38(42)50)46(26(2)48)24-28-15-7-4-8-16-28/h3-20,35-36,43-44H,21-24H2,1-2H3,(H2,41,49)(H2,42,50). The number of aromatic amines is 2. The summed E-state index contributed by atoms with van der Waals surface area (Å²) >= 11 is 0. The van der Waals surface area contributed by atoms with Crippen molar-refractivity contribution in [2.24, 2.45) is 11.5 Å². The number of amides is 4. The number of hydrogen-bond donors (Lipinski definition) is 4. The van der Waals surface area contributed by atoms with Gasteiger partial charge in [-0.05, 0) is 56.0 Å². The molecule has 6 aromatic rings. The highest BCUT2D eigenvalue weighted by atomic mass is 33.1. The molecule has 2 heterocycles. The summed E-state index contributed by atoms with van der Waals surface area (Å²) in [4.78, 5) is 62.1. The third kappa shape index (κ3) is 8.19. The highest BCUT2D eigenvalue weighted by Gasteiger charge is 2.31. The van der Waals surface area contributed by atoms with E-state index in [0.29, 0.717) is 0 Å². The number of aromatic nitrogens is 2. The molecule has 0 fully saturated rings. The molecule has 0 saturated heterocycles. The Labute approximate surface area is 309 Å². The Morgan fingerprint density at radius 3 is 1.25 bits per heavy atom. The molecule has 266 valence electrons. The second-order valence-electron chi connectivity index (χ2n) is 12.6. The lowest BCUT2D eigenvalue weighted by Crippen LogP contribution is -2.48. The Bertz CT molecular complexity index is 2060. The van der Waals surface area contributed by atoms with Crippen LogP contribution >= 0.6 is 21.6 Å². The summed E-state index contributed by atoms with van der Waals surface area (Å²) in [6.45, 7) is 3.38. The first-order valence-corrected chi connectivity index (χ1v) is 19.0. The van der Waals surface area contributed by atoms with Gasteiger partial charge in [-0.15, -0.1) is 0 Å². The van der Waals surface area contributed by atoms with E-state index < -0.39 is 23.9 Å². The van der Waals surface area contributed by atoms with Crippen molar-refractivity contribution < 1.29 is 19.2 Å². The van der Waals surface area contributed by atoms with E-state index in [9.17, 15) is 19.2 Å². The zero-order valence-electron chi connectivity index (χ0n) is 28.9. The van der Waals surface area contributed by atoms with E-state index >= 15 is 0 Å². The molecule has 6 rings (SSSR count). The number of H-pyrrole nitrogens is 2. The highest BCUT2D eigenvalue weighted by Crippen LogP contribution is 2.44. The number of fused-ring (bicyclic) bond motifs is 2. The first-order valence-electron chi connectivity index (χ1n) is 16.8. The molecule has 0 aliphatic carbocycles. The number of carbonyl (C=O) groups is 4. The molecule has 12 heteroatoms. The molecule has 2 unspecified atom stereocenters. The van der Waals surface area contributed by atoms with Crippen LogP contribution < -0.4 is 11.5 Å². The van der Waals surface area contributed by atoms with E-state index in [1.807, 2.05) is 109 Å². The maximum Gasteiger partial charge on any atom is 0.240 e. The number of carbonyl (C=O) groups excluding carboxylic acids is 4. The number of nitrogens with two attached hydrogens (primary N) is 2. The van der Waals surface area contributed by atoms with Crippen LogP contribution in [0.15, 0.2) is 119 Å². The Balaban J connectivity index is 1.33. The Hall–Kier alpha value is -5.46. The smallest absolute Gasteiger partial charge is 0.240 e. The van der Waals surface area contributed by atoms with E-state index in [2.05, 4.69) is 9.97 Å². The van der Waals surface area contributed by atoms with Crippen molar-refractivity contribution in [2.75, 3.05) is 0 Å². The second kappa shape index (κ2) is 16.3. The van der Waals surface area contributed by atoms with Crippen molar-refractivity contribution in [2.45, 2.75) is 61.9 Å². The molecule has 0 saturated carbocycles. The molecular formula is C40H40N6O4S2. The largest absolute Gasteiger partial charge is 0.368 e. The van der Waals surface area contributed by atoms with Crippen LogP contribution in [0.25, 0.3) is 21.8 Å². The molecule has 10 nitrogen and oxygen atoms in total. The first kappa shape index (κ1) is 36.3. The zero-order chi connectivity index (χ0) is 36.8. The van der Waals surface area contributed by atoms with Crippen LogP contribution in [0.3, 0.4) is 0 Å². The van der Waals surface area contributed by atoms with Crippen molar-refractivity contribution in [1.29, 1.82) is 0 Å². The van der Waals surface area contributed by atoms with Gasteiger partial charge in [0.2, 0.25) is 23.6 Å². The lowest BCUT2D eigenvalue weighted by atomic mass is 10.0. The summed E-state index contributed by atoms with van der Waals surface area (Å²) in [7, 11) is 2.93. The molecule has 4 amide bonds. The predicted octanol–water partition coefficient (Wildman–Crippen LogP) is 6.34. The van der Waals surface area contributed by atoms with Crippen LogP contribution in [-0.4, -0.2) is 55.5 Å². The Morgan fingerprint density at radius 2 is 0.904 bits per heavy atom. The quantitative estimate of drug-likeness (QED) is 0.0903. The van der Waals surface area contributed by atoms with Gasteiger partial charge >= 0.3 is 0 Å². The van der Waals surface area contributed by atoms with Gasteiger partial charge in [0.05, 0.1) is 10.1 Å². The van der Waals surface area contributed by atoms with E-state index in [1.54, 1.807) is 0 Å². The number of benzene rings is 4. The molecule has 52 heavy (non-hydrogen) atoms. The molecule has 0 spiro atoms. The lowest BCUT2D eigenvalue weighted by molar-refractivity contribution is -0.138. The second-order valence-corrected chi connectivity index (χ2v) is 14.8. The molecule has 0 aliphatic heterocycles. The van der Waals surface area contributed by atoms with Crippen molar-refractivity contribution in [3.05, 3.63) is 131 Å². The van der Waals surface area contributed by atoms with Gasteiger partial charge in [0, 0.05) is 61.6 Å². The van der Waals surface area contributed by atoms with Crippen LogP contribution in [-0.2, 0) is 45.1 Å². The Morgan fingerprint density at radius 1 is 0.558 bits per heavy atom. The Kier molecular flexibility index (Phi) is 11.4. The number of primary amides is 2. The maximum absolute atomic E-state index is 13.0. The molecule has 0 bridgehead atoms. The summed E-state index contributed by atoms with van der Waals surface area (Å²) in [6.07, 6.45) is 0.399. The number of hydrogen-bond acceptors (Lipinski definition) is 6. The molecule has 2 atom stereocenters. The average Bonchev–Trinajstić information content (AvgIpc) is 3.67. The number of rotatable bonds is 15. The SMILES string of the molecule is CC(=O)N(Cc1ccccc1)C(Cc1c(SSc2[nH]c3ccccc3c2CC(C(N)=O)N(Cc2ccccc2)C(C)=O)[nH]c2ccccc12)C(N)=O. The topological polar surface area (TPSA) is 158 Å². The van der Waals surface area contributed by atoms with Crippen LogP contribution in [0.4, 0.5) is 0 Å². The first-order chi connectivity index (χ1) is 25.1. The van der Waals surface area contributed by atoms with E-state index in [-0.39, 0.29) is 37.7 Å². The maximum atomic E-state index is 13.0. The third-order valence-electron chi connectivity index (χ3n) is 9.16. The zero-order valence-corrected chi connectivity index (χ0v) is 30.5. The fourth-order valence-corrected chi connectivity index (χ4v) is 8.95. The predicted molar refractivity (Wildman–Crippen MR) is 207 cm³/mol. The normalized spacial score (nSPS) is 12.4. The van der Waals surface area contributed by atoms with E-state index in [0.717, 1.165) is 54.1 Å². The molecule has 4 aromatic carbocycles. The van der Waals surface area contributed by atoms with Crippen LogP contribution in [0.2, 0.25) is 0 Å². The number of nitrogens with zero attached hydrogens (tertiary/aromatic N) is 2. The van der Waals surface area contributed by atoms with Gasteiger partial charge < -0.3 is 31.2 Å². The average molecular weight is 733 g/mol. The minimum Gasteiger partial charge on any atom is -0.368 e. The van der Waals surface area contributed by atoms with Gasteiger partial charge in [-0.3, -0.25) is 19.2 Å². The van der Waals surface area contributed by atoms with Crippen molar-refractivity contribution >= 4 is 67.0 Å². The monoisotopic (exact) mass is 732 g/mol. The van der Waals surface area contributed by atoms with Crippen LogP contribution in [0, 0.1) is 0 Å². The van der Waals surface area contributed by atoms with Crippen LogP contribution in [0.5, 0.6) is 0 Å². The third-order valence-corrected chi connectivity index (χ3v) is 11.5. The fourth-order valence-electron chi connectivity index (χ4n) is 6.54. The van der Waals surface area contributed by atoms with Gasteiger partial charge in [0.25, 0.3) is 0 Å². The minimum absolute atomic E-state index is 0.199. The summed E-state index contributed by atoms with van der Waals surface area (Å²) in [6, 6.07) is 32.9. The molecule has 6 N–H and O–H groups in total. The van der Waals surface area contributed by atoms with Gasteiger partial charge in [-0.1, -0.05) is 97.1 Å². The van der Waals surface area contributed by atoms with Gasteiger partial charge in [0.15, 0.2) is 0 Å². The van der Waals surface area contributed by atoms with Crippen molar-refractivity contribution in [3.8, 4) is 0 Å². The lowest BCUT2D eigenvalue weighted by Gasteiger charge is -2.29. The summed E-state index contributed by atoms with van der Waals surface area (Å²) in [5.41, 5.74) is 17.3. The minimum atomic E-state index is -0.900. The summed E-state index contributed by atoms with van der Waals surface area (Å²) < 4.78 is 0. The van der Waals surface area contributed by atoms with Crippen molar-refractivity contribution in [3.63, 3.8) is 0 Å². The number of para-hydroxylation sites is 2. The fraction of sp³-hybridized carbons (Fsp3) is 0.200. The highest BCUT2D eigenvalue weighted by molar-refractivity contribution is 8.76. The van der Waals surface area contributed by atoms with Crippen molar-refractivity contribution in [1.82, 2.24) is 19.8 Å². The summed E-state index contributed by atoms with van der Waals surface area (Å²) in [5, 5.41) is 3.43.